The Balaban J connectivity index is 0.000000238. The zero-order valence-electron chi connectivity index (χ0n) is 40.2. The highest BCUT2D eigenvalue weighted by Gasteiger charge is 2.34. The number of rotatable bonds is 16. The van der Waals surface area contributed by atoms with Crippen LogP contribution in [0.3, 0.4) is 0 Å². The number of hydrogen-bond acceptors (Lipinski definition) is 14. The summed E-state index contributed by atoms with van der Waals surface area (Å²) in [4.78, 5) is 39.1. The highest BCUT2D eigenvalue weighted by atomic mass is 19.4. The summed E-state index contributed by atoms with van der Waals surface area (Å²) in [6, 6.07) is 12.9. The van der Waals surface area contributed by atoms with Crippen LogP contribution in [-0.4, -0.2) is 110 Å². The molecule has 0 bridgehead atoms. The van der Waals surface area contributed by atoms with Gasteiger partial charge < -0.3 is 34.6 Å². The molecule has 17 nitrogen and oxygen atoms in total. The zero-order valence-corrected chi connectivity index (χ0v) is 40.2. The first-order chi connectivity index (χ1) is 34.5. The van der Waals surface area contributed by atoms with Crippen molar-refractivity contribution in [2.24, 2.45) is 0 Å². The second-order valence-electron chi connectivity index (χ2n) is 17.3. The highest BCUT2D eigenvalue weighted by Crippen LogP contribution is 2.39. The minimum absolute atomic E-state index is 0.0361. The number of alkyl halides is 6. The number of ether oxygens (including phenoxy) is 3. The summed E-state index contributed by atoms with van der Waals surface area (Å²) in [7, 11) is 2.79. The van der Waals surface area contributed by atoms with Crippen LogP contribution in [0.4, 0.5) is 26.3 Å². The van der Waals surface area contributed by atoms with E-state index in [1.807, 2.05) is 27.7 Å². The molecule has 1 aliphatic rings. The van der Waals surface area contributed by atoms with E-state index in [-0.39, 0.29) is 65.8 Å². The van der Waals surface area contributed by atoms with Gasteiger partial charge in [-0.3, -0.25) is 9.59 Å². The average Bonchev–Trinajstić information content (AvgIpc) is 3.92. The molecule has 0 amide bonds. The molecule has 23 heteroatoms. The Bertz CT molecular complexity index is 2950. The molecule has 1 aliphatic heterocycles. The average molecular weight is 1020 g/mol. The molecule has 73 heavy (non-hydrogen) atoms. The maximum absolute atomic E-state index is 13.6. The number of carboxylic acids is 1. The maximum atomic E-state index is 13.6. The Hall–Kier alpha value is -7.50. The van der Waals surface area contributed by atoms with Gasteiger partial charge in [-0.15, -0.1) is 0 Å². The number of aliphatic hydroxyl groups excluding tert-OH is 3. The van der Waals surface area contributed by atoms with E-state index in [1.165, 1.54) is 72.4 Å². The normalized spacial score (nSPS) is 16.2. The van der Waals surface area contributed by atoms with Gasteiger partial charge in [-0.25, -0.2) is 19.3 Å². The summed E-state index contributed by atoms with van der Waals surface area (Å²) in [5.41, 5.74) is 1.54. The summed E-state index contributed by atoms with van der Waals surface area (Å²) in [6.45, 7) is 7.52. The van der Waals surface area contributed by atoms with E-state index in [0.29, 0.717) is 34.0 Å². The minimum Gasteiger partial charge on any atom is -0.481 e. The smallest absolute Gasteiger partial charge is 0.416 e. The number of esters is 1. The Kier molecular flexibility index (Phi) is 17.5. The zero-order chi connectivity index (χ0) is 53.4. The molecule has 388 valence electrons. The summed E-state index contributed by atoms with van der Waals surface area (Å²) in [5, 5.41) is 48.3. The fraction of sp³-hybridized carbons (Fsp3) is 0.360. The van der Waals surface area contributed by atoms with Crippen molar-refractivity contribution in [1.29, 1.82) is 0 Å². The summed E-state index contributed by atoms with van der Waals surface area (Å²) in [5.74, 6) is -1.47. The number of hydrogen-bond donors (Lipinski definition) is 4. The molecule has 5 heterocycles. The molecule has 0 aliphatic carbocycles. The first kappa shape index (κ1) is 54.8. The molecule has 2 aromatic carbocycles. The van der Waals surface area contributed by atoms with Crippen molar-refractivity contribution in [2.45, 2.75) is 102 Å². The third-order valence-corrected chi connectivity index (χ3v) is 11.0. The van der Waals surface area contributed by atoms with Crippen LogP contribution in [-0.2, 0) is 26.7 Å². The van der Waals surface area contributed by atoms with E-state index in [9.17, 15) is 51.3 Å². The van der Waals surface area contributed by atoms with Crippen LogP contribution >= 0.6 is 0 Å². The number of carboxylic acid groups (broad SMARTS) is 1. The topological polar surface area (TPSA) is 230 Å². The summed E-state index contributed by atoms with van der Waals surface area (Å²) < 4.78 is 99.6. The van der Waals surface area contributed by atoms with Gasteiger partial charge in [0.05, 0.1) is 79.3 Å². The molecular formula is C50H52F6N8O9. The van der Waals surface area contributed by atoms with E-state index in [2.05, 4.69) is 25.0 Å². The standard InChI is InChI=1S/C25H27F3N4O5.C25H25F3N4O4/c1-14(2)22-19(8-7-17(33)12-18(34)13-21(35)36)23(15-5-4-6-16(11-15)25(26,27)28)32(31-22)20-9-10-29-24(30-20)37-3;1-14(2)22-19(8-7-18-12-17(33)13-21(34)36-18)23(15-5-4-6-16(11-15)25(26,27)28)32(31-22)20-9-10-29-24(30-20)35-3/h4-11,14,17-18,33-34H,12-13H2,1-3H3,(H,35,36);4-11,14,17-18,33H,12-13H2,1-3H3/b2*8-7+/t2*17-,18-/m11/s1. The molecule has 0 radical (unpaired) electrons. The first-order valence-corrected chi connectivity index (χ1v) is 22.6. The van der Waals surface area contributed by atoms with Gasteiger partial charge in [0.2, 0.25) is 0 Å². The monoisotopic (exact) mass is 1020 g/mol. The van der Waals surface area contributed by atoms with Crippen LogP contribution in [0, 0.1) is 0 Å². The van der Waals surface area contributed by atoms with E-state index in [0.717, 1.165) is 24.3 Å². The molecule has 0 saturated carbocycles. The number of benzene rings is 2. The van der Waals surface area contributed by atoms with Crippen molar-refractivity contribution < 1.29 is 70.6 Å². The van der Waals surface area contributed by atoms with Gasteiger partial charge in [-0.1, -0.05) is 70.2 Å². The molecule has 0 spiro atoms. The van der Waals surface area contributed by atoms with Crippen molar-refractivity contribution in [3.8, 4) is 46.2 Å². The van der Waals surface area contributed by atoms with Crippen LogP contribution in [0.1, 0.15) is 98.9 Å². The van der Waals surface area contributed by atoms with Crippen molar-refractivity contribution in [3.63, 3.8) is 0 Å². The van der Waals surface area contributed by atoms with Crippen LogP contribution in [0.5, 0.6) is 12.0 Å². The minimum atomic E-state index is -4.58. The van der Waals surface area contributed by atoms with Gasteiger partial charge in [0.15, 0.2) is 11.6 Å². The van der Waals surface area contributed by atoms with Gasteiger partial charge >= 0.3 is 36.3 Å². The molecule has 4 N–H and O–H groups in total. The van der Waals surface area contributed by atoms with Crippen molar-refractivity contribution in [2.75, 3.05) is 14.2 Å². The van der Waals surface area contributed by atoms with Crippen LogP contribution in [0.25, 0.3) is 46.3 Å². The van der Waals surface area contributed by atoms with Crippen molar-refractivity contribution in [1.82, 2.24) is 39.5 Å². The second-order valence-corrected chi connectivity index (χ2v) is 17.3. The fourth-order valence-electron chi connectivity index (χ4n) is 7.72. The molecular weight excluding hydrogens is 971 g/mol. The third-order valence-electron chi connectivity index (χ3n) is 11.0. The number of aliphatic hydroxyl groups is 3. The first-order valence-electron chi connectivity index (χ1n) is 22.6. The van der Waals surface area contributed by atoms with E-state index >= 15 is 0 Å². The second kappa shape index (κ2) is 23.4. The van der Waals surface area contributed by atoms with Crippen LogP contribution in [0.2, 0.25) is 0 Å². The highest BCUT2D eigenvalue weighted by molar-refractivity contribution is 5.78. The predicted octanol–water partition coefficient (Wildman–Crippen LogP) is 8.64. The quantitative estimate of drug-likeness (QED) is 0.0525. The Morgan fingerprint density at radius 2 is 1.26 bits per heavy atom. The van der Waals surface area contributed by atoms with Crippen LogP contribution < -0.4 is 9.47 Å². The number of cyclic esters (lactones) is 1. The number of carbonyl (C=O) groups is 2. The maximum Gasteiger partial charge on any atom is 0.416 e. The van der Waals surface area contributed by atoms with Gasteiger partial charge in [0, 0.05) is 59.6 Å². The molecule has 0 unspecified atom stereocenters. The lowest BCUT2D eigenvalue weighted by molar-refractivity contribution is -0.156. The van der Waals surface area contributed by atoms with Crippen LogP contribution in [0.15, 0.2) is 85.2 Å². The Morgan fingerprint density at radius 1 is 0.781 bits per heavy atom. The number of halogens is 6. The summed E-state index contributed by atoms with van der Waals surface area (Å²) in [6.07, 6.45) is -4.73. The molecule has 7 rings (SSSR count). The largest absolute Gasteiger partial charge is 0.481 e. The summed E-state index contributed by atoms with van der Waals surface area (Å²) >= 11 is 0. The molecule has 6 aromatic rings. The Morgan fingerprint density at radius 3 is 1.68 bits per heavy atom. The van der Waals surface area contributed by atoms with Gasteiger partial charge in [-0.2, -0.15) is 46.5 Å². The molecule has 4 aromatic heterocycles. The Labute approximate surface area is 414 Å². The predicted molar refractivity (Wildman–Crippen MR) is 253 cm³/mol. The lowest BCUT2D eigenvalue weighted by Gasteiger charge is -2.23. The fourth-order valence-corrected chi connectivity index (χ4v) is 7.72. The SMILES string of the molecule is COc1nccc(-n2nc(C(C)C)c(/C=C/[C@@H](O)C[C@@H](O)CC(=O)O)c2-c2cccc(C(F)(F)F)c2)n1.COc1nccc(-n2nc(C(C)C)c(/C=C/[C@@H]3C[C@@H](O)CC(=O)O3)c2-c2cccc(C(F)(F)F)c2)n1. The van der Waals surface area contributed by atoms with E-state index in [4.69, 9.17) is 24.4 Å². The lowest BCUT2D eigenvalue weighted by Crippen LogP contribution is -2.31. The number of aromatic nitrogens is 8. The molecule has 1 fully saturated rings. The van der Waals surface area contributed by atoms with Gasteiger partial charge in [0.1, 0.15) is 6.10 Å². The molecule has 4 atom stereocenters. The number of aliphatic carboxylic acids is 1. The van der Waals surface area contributed by atoms with E-state index < -0.39 is 66.3 Å². The molecule has 1 saturated heterocycles. The van der Waals surface area contributed by atoms with Gasteiger partial charge in [0.25, 0.3) is 0 Å². The van der Waals surface area contributed by atoms with E-state index in [1.54, 1.807) is 24.3 Å². The van der Waals surface area contributed by atoms with Gasteiger partial charge in [-0.05, 0) is 42.2 Å². The number of methoxy groups -OCH3 is 2. The number of carbonyl (C=O) groups excluding carboxylic acids is 1. The number of nitrogens with zero attached hydrogens (tertiary/aromatic N) is 8. The third kappa shape index (κ3) is 13.9. The van der Waals surface area contributed by atoms with Crippen molar-refractivity contribution >= 4 is 24.1 Å². The van der Waals surface area contributed by atoms with Crippen molar-refractivity contribution in [3.05, 3.63) is 119 Å². The lowest BCUT2D eigenvalue weighted by atomic mass is 9.97.